The number of hydrogen-bond acceptors (Lipinski definition) is 3. The van der Waals surface area contributed by atoms with Crippen LogP contribution in [0.3, 0.4) is 0 Å². The van der Waals surface area contributed by atoms with E-state index in [0.29, 0.717) is 23.8 Å². The second-order valence-corrected chi connectivity index (χ2v) is 3.47. The van der Waals surface area contributed by atoms with E-state index in [4.69, 9.17) is 17.3 Å². The molecule has 2 rings (SSSR count). The van der Waals surface area contributed by atoms with Crippen LogP contribution in [0.15, 0.2) is 30.7 Å². The minimum absolute atomic E-state index is 0.557. The molecule has 2 aromatic heterocycles. The van der Waals surface area contributed by atoms with E-state index in [9.17, 15) is 0 Å². The van der Waals surface area contributed by atoms with Gasteiger partial charge in [0.25, 0.3) is 0 Å². The van der Waals surface area contributed by atoms with Crippen LogP contribution >= 0.6 is 11.6 Å². The van der Waals surface area contributed by atoms with E-state index in [1.807, 2.05) is 10.8 Å². The summed E-state index contributed by atoms with van der Waals surface area (Å²) in [6, 6.07) is 3.60. The molecule has 2 aromatic rings. The Hall–Kier alpha value is -1.39. The van der Waals surface area contributed by atoms with Crippen molar-refractivity contribution in [3.8, 4) is 5.82 Å². The Morgan fingerprint density at radius 2 is 2.20 bits per heavy atom. The Balaban J connectivity index is 2.45. The number of nitrogens with two attached hydrogens (primary N) is 1. The minimum Gasteiger partial charge on any atom is -0.330 e. The Morgan fingerprint density at radius 1 is 1.33 bits per heavy atom. The molecule has 0 amide bonds. The molecular weight excluding hydrogens is 212 g/mol. The van der Waals surface area contributed by atoms with Crippen molar-refractivity contribution in [2.75, 3.05) is 6.54 Å². The lowest BCUT2D eigenvalue weighted by Crippen LogP contribution is -2.09. The van der Waals surface area contributed by atoms with E-state index in [0.717, 1.165) is 5.82 Å². The van der Waals surface area contributed by atoms with Crippen LogP contribution in [0.4, 0.5) is 0 Å². The number of hydrogen-bond donors (Lipinski definition) is 1. The lowest BCUT2D eigenvalue weighted by molar-refractivity contribution is 0.823. The molecule has 0 spiro atoms. The second kappa shape index (κ2) is 4.42. The normalized spacial score (nSPS) is 10.5. The van der Waals surface area contributed by atoms with Gasteiger partial charge in [-0.2, -0.15) is 0 Å². The second-order valence-electron chi connectivity index (χ2n) is 3.06. The van der Waals surface area contributed by atoms with Crippen molar-refractivity contribution in [1.29, 1.82) is 0 Å². The summed E-state index contributed by atoms with van der Waals surface area (Å²) in [6.07, 6.45) is 5.96. The summed E-state index contributed by atoms with van der Waals surface area (Å²) < 4.78 is 1.86. The highest BCUT2D eigenvalue weighted by atomic mass is 35.5. The average molecular weight is 223 g/mol. The Bertz CT molecular complexity index is 452. The quantitative estimate of drug-likeness (QED) is 0.855. The van der Waals surface area contributed by atoms with Crippen LogP contribution in [-0.2, 0) is 6.42 Å². The lowest BCUT2D eigenvalue weighted by Gasteiger charge is -2.07. The van der Waals surface area contributed by atoms with Gasteiger partial charge in [-0.3, -0.25) is 4.57 Å². The van der Waals surface area contributed by atoms with Gasteiger partial charge in [-0.25, -0.2) is 9.97 Å². The predicted molar refractivity (Wildman–Crippen MR) is 59.1 cm³/mol. The molecule has 0 aromatic carbocycles. The van der Waals surface area contributed by atoms with Gasteiger partial charge in [-0.15, -0.1) is 0 Å². The third-order valence-electron chi connectivity index (χ3n) is 2.05. The van der Waals surface area contributed by atoms with E-state index in [2.05, 4.69) is 9.97 Å². The topological polar surface area (TPSA) is 56.7 Å². The van der Waals surface area contributed by atoms with Crippen LogP contribution in [-0.4, -0.2) is 21.1 Å². The maximum Gasteiger partial charge on any atom is 0.156 e. The molecule has 2 heterocycles. The monoisotopic (exact) mass is 222 g/mol. The van der Waals surface area contributed by atoms with Gasteiger partial charge in [0, 0.05) is 25.0 Å². The molecule has 0 saturated heterocycles. The molecule has 0 aliphatic heterocycles. The van der Waals surface area contributed by atoms with E-state index < -0.39 is 0 Å². The predicted octanol–water partition coefficient (Wildman–Crippen LogP) is 1.42. The van der Waals surface area contributed by atoms with Gasteiger partial charge in [-0.1, -0.05) is 11.6 Å². The molecule has 2 N–H and O–H groups in total. The van der Waals surface area contributed by atoms with Crippen LogP contribution in [0, 0.1) is 0 Å². The van der Waals surface area contributed by atoms with Crippen LogP contribution in [0.25, 0.3) is 5.82 Å². The van der Waals surface area contributed by atoms with Crippen molar-refractivity contribution in [3.63, 3.8) is 0 Å². The first-order valence-corrected chi connectivity index (χ1v) is 5.04. The number of rotatable bonds is 3. The van der Waals surface area contributed by atoms with Crippen molar-refractivity contribution in [1.82, 2.24) is 14.5 Å². The van der Waals surface area contributed by atoms with Crippen LogP contribution in [0.1, 0.15) is 5.82 Å². The van der Waals surface area contributed by atoms with Gasteiger partial charge < -0.3 is 5.73 Å². The van der Waals surface area contributed by atoms with Gasteiger partial charge in [0.15, 0.2) is 5.82 Å². The molecular formula is C10H11ClN4. The Labute approximate surface area is 92.7 Å². The molecule has 0 fully saturated rings. The summed E-state index contributed by atoms with van der Waals surface area (Å²) in [5.74, 6) is 1.57. The van der Waals surface area contributed by atoms with Gasteiger partial charge in [0.05, 0.1) is 5.02 Å². The largest absolute Gasteiger partial charge is 0.330 e. The maximum absolute atomic E-state index is 6.05. The van der Waals surface area contributed by atoms with Crippen molar-refractivity contribution >= 4 is 11.6 Å². The third-order valence-corrected chi connectivity index (χ3v) is 2.35. The molecule has 15 heavy (non-hydrogen) atoms. The first-order chi connectivity index (χ1) is 7.33. The zero-order chi connectivity index (χ0) is 10.7. The standard InChI is InChI=1S/C10H11ClN4/c11-8-2-1-5-14-10(8)15-7-6-13-9(15)3-4-12/h1-2,5-7H,3-4,12H2. The van der Waals surface area contributed by atoms with Crippen molar-refractivity contribution in [2.24, 2.45) is 5.73 Å². The summed E-state index contributed by atoms with van der Waals surface area (Å²) in [4.78, 5) is 8.42. The highest BCUT2D eigenvalue weighted by Gasteiger charge is 2.07. The smallest absolute Gasteiger partial charge is 0.156 e. The summed E-state index contributed by atoms with van der Waals surface area (Å²) in [5, 5.41) is 0.605. The zero-order valence-corrected chi connectivity index (χ0v) is 8.85. The molecule has 78 valence electrons. The number of nitrogens with zero attached hydrogens (tertiary/aromatic N) is 3. The van der Waals surface area contributed by atoms with E-state index >= 15 is 0 Å². The number of imidazole rings is 1. The molecule has 0 aliphatic carbocycles. The van der Waals surface area contributed by atoms with Gasteiger partial charge in [-0.05, 0) is 18.7 Å². The zero-order valence-electron chi connectivity index (χ0n) is 8.10. The molecule has 0 unspecified atom stereocenters. The van der Waals surface area contributed by atoms with Gasteiger partial charge in [0.2, 0.25) is 0 Å². The molecule has 0 saturated carbocycles. The van der Waals surface area contributed by atoms with Crippen LogP contribution in [0.5, 0.6) is 0 Å². The van der Waals surface area contributed by atoms with Crippen LogP contribution < -0.4 is 5.73 Å². The fraction of sp³-hybridized carbons (Fsp3) is 0.200. The summed E-state index contributed by atoms with van der Waals surface area (Å²) in [7, 11) is 0. The van der Waals surface area contributed by atoms with E-state index in [1.165, 1.54) is 0 Å². The lowest BCUT2D eigenvalue weighted by atomic mass is 10.4. The van der Waals surface area contributed by atoms with Gasteiger partial charge >= 0.3 is 0 Å². The highest BCUT2D eigenvalue weighted by molar-refractivity contribution is 6.32. The number of aromatic nitrogens is 3. The molecule has 0 aliphatic rings. The fourth-order valence-electron chi connectivity index (χ4n) is 1.40. The first kappa shape index (κ1) is 10.1. The van der Waals surface area contributed by atoms with Crippen LogP contribution in [0.2, 0.25) is 5.02 Å². The Morgan fingerprint density at radius 3 is 2.93 bits per heavy atom. The highest BCUT2D eigenvalue weighted by Crippen LogP contribution is 2.18. The summed E-state index contributed by atoms with van der Waals surface area (Å²) >= 11 is 6.05. The fourth-order valence-corrected chi connectivity index (χ4v) is 1.61. The van der Waals surface area contributed by atoms with Crippen molar-refractivity contribution in [2.45, 2.75) is 6.42 Å². The number of halogens is 1. The molecule has 0 radical (unpaired) electrons. The first-order valence-electron chi connectivity index (χ1n) is 4.66. The number of pyridine rings is 1. The average Bonchev–Trinajstić information content (AvgIpc) is 2.67. The Kier molecular flexibility index (Phi) is 2.99. The SMILES string of the molecule is NCCc1nccn1-c1ncccc1Cl. The minimum atomic E-state index is 0.557. The van der Waals surface area contributed by atoms with E-state index in [-0.39, 0.29) is 0 Å². The van der Waals surface area contributed by atoms with E-state index in [1.54, 1.807) is 24.5 Å². The molecule has 0 atom stereocenters. The summed E-state index contributed by atoms with van der Waals surface area (Å²) in [6.45, 7) is 0.557. The van der Waals surface area contributed by atoms with Crippen molar-refractivity contribution in [3.05, 3.63) is 41.6 Å². The van der Waals surface area contributed by atoms with Gasteiger partial charge in [0.1, 0.15) is 5.82 Å². The third kappa shape index (κ3) is 2.00. The molecule has 0 bridgehead atoms. The molecule has 4 nitrogen and oxygen atoms in total. The summed E-state index contributed by atoms with van der Waals surface area (Å²) in [5.41, 5.74) is 5.50. The molecule has 5 heteroatoms. The van der Waals surface area contributed by atoms with Crippen molar-refractivity contribution < 1.29 is 0 Å². The maximum atomic E-state index is 6.05.